The van der Waals surface area contributed by atoms with E-state index in [1.807, 2.05) is 4.72 Å². The van der Waals surface area contributed by atoms with E-state index >= 15 is 0 Å². The molecule has 130 valence electrons. The molecule has 1 heterocycles. The normalized spacial score (nSPS) is 12.1. The van der Waals surface area contributed by atoms with E-state index in [0.29, 0.717) is 5.56 Å². The van der Waals surface area contributed by atoms with Crippen LogP contribution in [-0.2, 0) is 16.2 Å². The maximum atomic E-state index is 13.0. The van der Waals surface area contributed by atoms with E-state index in [1.54, 1.807) is 6.07 Å². The number of anilines is 1. The molecule has 3 aromatic rings. The average Bonchev–Trinajstić information content (AvgIpc) is 3.09. The van der Waals surface area contributed by atoms with Gasteiger partial charge in [0, 0.05) is 5.56 Å². The van der Waals surface area contributed by atoms with Gasteiger partial charge in [-0.25, -0.2) is 8.42 Å². The Kier molecular flexibility index (Phi) is 4.17. The van der Waals surface area contributed by atoms with Crippen molar-refractivity contribution >= 4 is 15.7 Å². The minimum atomic E-state index is -4.69. The third-order valence-corrected chi connectivity index (χ3v) is 4.59. The highest BCUT2D eigenvalue weighted by molar-refractivity contribution is 7.92. The van der Waals surface area contributed by atoms with Crippen LogP contribution < -0.4 is 4.72 Å². The van der Waals surface area contributed by atoms with Gasteiger partial charge in [-0.15, -0.1) is 10.2 Å². The van der Waals surface area contributed by atoms with Crippen LogP contribution in [-0.4, -0.2) is 29.0 Å². The fourth-order valence-corrected chi connectivity index (χ4v) is 3.23. The summed E-state index contributed by atoms with van der Waals surface area (Å²) in [4.78, 5) is -0.230. The molecule has 0 spiro atoms. The number of H-pyrrole nitrogens is 1. The average molecular weight is 369 g/mol. The number of benzene rings is 2. The van der Waals surface area contributed by atoms with E-state index in [1.165, 1.54) is 30.3 Å². The molecule has 3 rings (SSSR count). The smallest absolute Gasteiger partial charge is 0.279 e. The summed E-state index contributed by atoms with van der Waals surface area (Å²) in [6.45, 7) is 0. The summed E-state index contributed by atoms with van der Waals surface area (Å²) in [6, 6.07) is 9.80. The molecule has 0 fully saturated rings. The van der Waals surface area contributed by atoms with Crippen LogP contribution in [0.5, 0.6) is 0 Å². The first-order valence-electron chi connectivity index (χ1n) is 6.80. The van der Waals surface area contributed by atoms with Gasteiger partial charge < -0.3 is 0 Å². The second kappa shape index (κ2) is 6.16. The molecule has 1 aromatic heterocycles. The molecule has 0 aliphatic carbocycles. The van der Waals surface area contributed by atoms with Gasteiger partial charge in [-0.2, -0.15) is 18.4 Å². The lowest BCUT2D eigenvalue weighted by atomic mass is 10.2. The first-order chi connectivity index (χ1) is 11.8. The second-order valence-corrected chi connectivity index (χ2v) is 6.59. The number of aromatic amines is 1. The SMILES string of the molecule is O=S(=O)(Nc1ccccc1C(F)(F)F)c1cccc(-c2nn[nH]n2)c1. The van der Waals surface area contributed by atoms with Crippen LogP contribution in [0.15, 0.2) is 53.4 Å². The maximum Gasteiger partial charge on any atom is 0.418 e. The largest absolute Gasteiger partial charge is 0.418 e. The van der Waals surface area contributed by atoms with Crippen molar-refractivity contribution in [1.82, 2.24) is 20.6 Å². The molecule has 2 aromatic carbocycles. The number of halogens is 3. The van der Waals surface area contributed by atoms with Crippen LogP contribution in [0, 0.1) is 0 Å². The Hall–Kier alpha value is -2.95. The van der Waals surface area contributed by atoms with Crippen molar-refractivity contribution in [3.8, 4) is 11.4 Å². The Balaban J connectivity index is 1.98. The molecule has 0 bridgehead atoms. The lowest BCUT2D eigenvalue weighted by molar-refractivity contribution is -0.136. The molecule has 2 N–H and O–H groups in total. The Morgan fingerprint density at radius 1 is 1.04 bits per heavy atom. The van der Waals surface area contributed by atoms with Crippen molar-refractivity contribution < 1.29 is 21.6 Å². The quantitative estimate of drug-likeness (QED) is 0.736. The number of aromatic nitrogens is 4. The van der Waals surface area contributed by atoms with E-state index in [9.17, 15) is 21.6 Å². The number of nitrogens with zero attached hydrogens (tertiary/aromatic N) is 3. The van der Waals surface area contributed by atoms with Gasteiger partial charge in [-0.3, -0.25) is 4.72 Å². The molecule has 0 aliphatic rings. The molecule has 0 aliphatic heterocycles. The number of alkyl halides is 3. The topological polar surface area (TPSA) is 101 Å². The Morgan fingerprint density at radius 2 is 1.80 bits per heavy atom. The van der Waals surface area contributed by atoms with Gasteiger partial charge in [0.25, 0.3) is 10.0 Å². The molecular formula is C14H10F3N5O2S. The van der Waals surface area contributed by atoms with Crippen molar-refractivity contribution in [3.05, 3.63) is 54.1 Å². The number of nitrogens with one attached hydrogen (secondary N) is 2. The van der Waals surface area contributed by atoms with Crippen LogP contribution in [0.4, 0.5) is 18.9 Å². The van der Waals surface area contributed by atoms with Crippen molar-refractivity contribution in [3.63, 3.8) is 0 Å². The van der Waals surface area contributed by atoms with Gasteiger partial charge >= 0.3 is 6.18 Å². The lowest BCUT2D eigenvalue weighted by Gasteiger charge is -2.14. The van der Waals surface area contributed by atoms with Crippen molar-refractivity contribution in [1.29, 1.82) is 0 Å². The number of hydrogen-bond acceptors (Lipinski definition) is 5. The molecule has 0 saturated carbocycles. The van der Waals surface area contributed by atoms with E-state index in [0.717, 1.165) is 12.1 Å². The fraction of sp³-hybridized carbons (Fsp3) is 0.0714. The van der Waals surface area contributed by atoms with Crippen molar-refractivity contribution in [2.45, 2.75) is 11.1 Å². The zero-order valence-corrected chi connectivity index (χ0v) is 13.1. The van der Waals surface area contributed by atoms with Crippen molar-refractivity contribution in [2.24, 2.45) is 0 Å². The predicted octanol–water partition coefficient (Wildman–Crippen LogP) is 2.69. The van der Waals surface area contributed by atoms with Gasteiger partial charge in [0.2, 0.25) is 5.82 Å². The number of hydrogen-bond donors (Lipinski definition) is 2. The molecule has 25 heavy (non-hydrogen) atoms. The molecule has 11 heteroatoms. The summed E-state index contributed by atoms with van der Waals surface area (Å²) < 4.78 is 65.9. The maximum absolute atomic E-state index is 13.0. The van der Waals surface area contributed by atoms with E-state index in [2.05, 4.69) is 20.6 Å². The van der Waals surface area contributed by atoms with Crippen LogP contribution >= 0.6 is 0 Å². The van der Waals surface area contributed by atoms with E-state index < -0.39 is 27.5 Å². The Morgan fingerprint density at radius 3 is 2.48 bits per heavy atom. The summed E-state index contributed by atoms with van der Waals surface area (Å²) in [5.41, 5.74) is -1.28. The molecule has 0 radical (unpaired) electrons. The summed E-state index contributed by atoms with van der Waals surface area (Å²) in [5, 5.41) is 13.1. The highest BCUT2D eigenvalue weighted by Gasteiger charge is 2.34. The zero-order chi connectivity index (χ0) is 18.1. The fourth-order valence-electron chi connectivity index (χ4n) is 2.11. The van der Waals surface area contributed by atoms with Crippen LogP contribution in [0.2, 0.25) is 0 Å². The minimum absolute atomic E-state index is 0.160. The first-order valence-corrected chi connectivity index (χ1v) is 8.28. The third kappa shape index (κ3) is 3.60. The Labute approximate surface area is 139 Å². The van der Waals surface area contributed by atoms with Crippen molar-refractivity contribution in [2.75, 3.05) is 4.72 Å². The first kappa shape index (κ1) is 16.9. The van der Waals surface area contributed by atoms with Crippen LogP contribution in [0.25, 0.3) is 11.4 Å². The van der Waals surface area contributed by atoms with Crippen LogP contribution in [0.3, 0.4) is 0 Å². The molecule has 0 unspecified atom stereocenters. The van der Waals surface area contributed by atoms with Gasteiger partial charge in [0.05, 0.1) is 16.1 Å². The second-order valence-electron chi connectivity index (χ2n) is 4.91. The summed E-state index contributed by atoms with van der Waals surface area (Å²) in [5.74, 6) is 0.160. The minimum Gasteiger partial charge on any atom is -0.279 e. The molecule has 0 amide bonds. The van der Waals surface area contributed by atoms with E-state index in [-0.39, 0.29) is 10.7 Å². The highest BCUT2D eigenvalue weighted by Crippen LogP contribution is 2.35. The highest BCUT2D eigenvalue weighted by atomic mass is 32.2. The lowest BCUT2D eigenvalue weighted by Crippen LogP contribution is -2.17. The molecule has 0 atom stereocenters. The standard InChI is InChI=1S/C14H10F3N5O2S/c15-14(16,17)11-6-1-2-7-12(11)20-25(23,24)10-5-3-4-9(8-10)13-18-21-22-19-13/h1-8,20H,(H,18,19,21,22). The van der Waals surface area contributed by atoms with Gasteiger partial charge in [-0.1, -0.05) is 24.3 Å². The zero-order valence-electron chi connectivity index (χ0n) is 12.3. The number of para-hydroxylation sites is 1. The monoisotopic (exact) mass is 369 g/mol. The molecule has 7 nitrogen and oxygen atoms in total. The summed E-state index contributed by atoms with van der Waals surface area (Å²) in [7, 11) is -4.25. The number of tetrazole rings is 1. The molecular weight excluding hydrogens is 359 g/mol. The molecule has 0 saturated heterocycles. The summed E-state index contributed by atoms with van der Waals surface area (Å²) in [6.07, 6.45) is -4.69. The summed E-state index contributed by atoms with van der Waals surface area (Å²) >= 11 is 0. The number of rotatable bonds is 4. The van der Waals surface area contributed by atoms with Crippen LogP contribution in [0.1, 0.15) is 5.56 Å². The number of sulfonamides is 1. The van der Waals surface area contributed by atoms with Gasteiger partial charge in [-0.05, 0) is 29.5 Å². The van der Waals surface area contributed by atoms with Gasteiger partial charge in [0.15, 0.2) is 0 Å². The van der Waals surface area contributed by atoms with Gasteiger partial charge in [0.1, 0.15) is 0 Å². The Bertz CT molecular complexity index is 988. The predicted molar refractivity (Wildman–Crippen MR) is 81.9 cm³/mol. The third-order valence-electron chi connectivity index (χ3n) is 3.22. The van der Waals surface area contributed by atoms with E-state index in [4.69, 9.17) is 0 Å².